The summed E-state index contributed by atoms with van der Waals surface area (Å²) in [6.45, 7) is 4.59. The Morgan fingerprint density at radius 3 is 2.50 bits per heavy atom. The standard InChI is InChI=1S/C8H18S2/c1-4-8(2)7-10-6-5-9-3/h8H,4-7H2,1-3H3. The number of rotatable bonds is 6. The summed E-state index contributed by atoms with van der Waals surface area (Å²) >= 11 is 4.03. The summed E-state index contributed by atoms with van der Waals surface area (Å²) in [5.74, 6) is 4.88. The van der Waals surface area contributed by atoms with E-state index in [-0.39, 0.29) is 0 Å². The van der Waals surface area contributed by atoms with Gasteiger partial charge in [-0.05, 0) is 17.9 Å². The van der Waals surface area contributed by atoms with Crippen LogP contribution in [0.4, 0.5) is 0 Å². The molecular formula is C8H18S2. The Morgan fingerprint density at radius 1 is 1.30 bits per heavy atom. The Hall–Kier alpha value is 0.700. The van der Waals surface area contributed by atoms with Crippen LogP contribution in [0.15, 0.2) is 0 Å². The van der Waals surface area contributed by atoms with E-state index in [0.29, 0.717) is 0 Å². The van der Waals surface area contributed by atoms with Crippen molar-refractivity contribution in [3.8, 4) is 0 Å². The minimum atomic E-state index is 0.909. The molecule has 0 aromatic carbocycles. The van der Waals surface area contributed by atoms with Crippen molar-refractivity contribution < 1.29 is 0 Å². The summed E-state index contributed by atoms with van der Waals surface area (Å²) in [6, 6.07) is 0. The first-order valence-corrected chi connectivity index (χ1v) is 6.42. The van der Waals surface area contributed by atoms with Gasteiger partial charge in [0.2, 0.25) is 0 Å². The molecule has 0 aliphatic carbocycles. The molecule has 0 aliphatic heterocycles. The predicted molar refractivity (Wildman–Crippen MR) is 55.2 cm³/mol. The number of thioether (sulfide) groups is 2. The fourth-order valence-electron chi connectivity index (χ4n) is 0.545. The lowest BCUT2D eigenvalue weighted by Gasteiger charge is -2.06. The Kier molecular flexibility index (Phi) is 8.35. The monoisotopic (exact) mass is 178 g/mol. The molecule has 62 valence electrons. The molecule has 1 atom stereocenters. The van der Waals surface area contributed by atoms with Gasteiger partial charge in [0.1, 0.15) is 0 Å². The van der Waals surface area contributed by atoms with E-state index in [1.54, 1.807) is 0 Å². The van der Waals surface area contributed by atoms with Crippen molar-refractivity contribution in [2.24, 2.45) is 5.92 Å². The van der Waals surface area contributed by atoms with Crippen LogP contribution in [0.3, 0.4) is 0 Å². The molecular weight excluding hydrogens is 160 g/mol. The van der Waals surface area contributed by atoms with E-state index < -0.39 is 0 Å². The first-order chi connectivity index (χ1) is 4.81. The molecule has 0 aromatic heterocycles. The van der Waals surface area contributed by atoms with Crippen molar-refractivity contribution in [2.75, 3.05) is 23.5 Å². The third-order valence-electron chi connectivity index (χ3n) is 1.53. The van der Waals surface area contributed by atoms with Gasteiger partial charge in [0.05, 0.1) is 0 Å². The summed E-state index contributed by atoms with van der Waals surface area (Å²) < 4.78 is 0. The molecule has 0 rings (SSSR count). The van der Waals surface area contributed by atoms with E-state index in [1.807, 2.05) is 11.8 Å². The molecule has 0 bridgehead atoms. The highest BCUT2D eigenvalue weighted by molar-refractivity contribution is 8.02. The van der Waals surface area contributed by atoms with E-state index in [0.717, 1.165) is 5.92 Å². The van der Waals surface area contributed by atoms with E-state index in [9.17, 15) is 0 Å². The maximum Gasteiger partial charge on any atom is 0.00235 e. The average Bonchev–Trinajstić information content (AvgIpc) is 1.98. The maximum atomic E-state index is 2.33. The molecule has 0 spiro atoms. The summed E-state index contributed by atoms with van der Waals surface area (Å²) in [6.07, 6.45) is 3.50. The van der Waals surface area contributed by atoms with Crippen molar-refractivity contribution in [1.29, 1.82) is 0 Å². The van der Waals surface area contributed by atoms with Gasteiger partial charge in [-0.2, -0.15) is 23.5 Å². The molecule has 10 heavy (non-hydrogen) atoms. The van der Waals surface area contributed by atoms with Gasteiger partial charge in [0.25, 0.3) is 0 Å². The SMILES string of the molecule is CCC(C)CSCCSC. The summed E-state index contributed by atoms with van der Waals surface area (Å²) in [5.41, 5.74) is 0. The molecule has 0 aliphatic rings. The van der Waals surface area contributed by atoms with Crippen molar-refractivity contribution in [3.63, 3.8) is 0 Å². The average molecular weight is 178 g/mol. The Bertz CT molecular complexity index is 64.3. The molecule has 0 saturated heterocycles. The highest BCUT2D eigenvalue weighted by atomic mass is 32.2. The van der Waals surface area contributed by atoms with Gasteiger partial charge in [0, 0.05) is 11.5 Å². The largest absolute Gasteiger partial charge is 0.165 e. The van der Waals surface area contributed by atoms with Gasteiger partial charge >= 0.3 is 0 Å². The lowest BCUT2D eigenvalue weighted by molar-refractivity contribution is 0.637. The molecule has 0 aromatic rings. The van der Waals surface area contributed by atoms with Gasteiger partial charge in [-0.15, -0.1) is 0 Å². The smallest absolute Gasteiger partial charge is 0.00235 e. The lowest BCUT2D eigenvalue weighted by atomic mass is 10.2. The van der Waals surface area contributed by atoms with E-state index in [1.165, 1.54) is 23.7 Å². The molecule has 0 amide bonds. The third kappa shape index (κ3) is 6.81. The molecule has 1 unspecified atom stereocenters. The van der Waals surface area contributed by atoms with Crippen LogP contribution in [0.2, 0.25) is 0 Å². The highest BCUT2D eigenvalue weighted by Gasteiger charge is 1.96. The normalized spacial score (nSPS) is 13.5. The van der Waals surface area contributed by atoms with E-state index >= 15 is 0 Å². The zero-order chi connectivity index (χ0) is 7.82. The third-order valence-corrected chi connectivity index (χ3v) is 3.70. The van der Waals surface area contributed by atoms with Crippen LogP contribution in [-0.2, 0) is 0 Å². The second kappa shape index (κ2) is 7.80. The van der Waals surface area contributed by atoms with Crippen molar-refractivity contribution >= 4 is 23.5 Å². The van der Waals surface area contributed by atoms with Crippen molar-refractivity contribution in [3.05, 3.63) is 0 Å². The minimum absolute atomic E-state index is 0.909. The lowest BCUT2D eigenvalue weighted by Crippen LogP contribution is -1.97. The van der Waals surface area contributed by atoms with Crippen LogP contribution in [-0.4, -0.2) is 23.5 Å². The van der Waals surface area contributed by atoms with Crippen LogP contribution in [0.5, 0.6) is 0 Å². The van der Waals surface area contributed by atoms with Gasteiger partial charge in [-0.3, -0.25) is 0 Å². The molecule has 2 heteroatoms. The van der Waals surface area contributed by atoms with Gasteiger partial charge in [-0.25, -0.2) is 0 Å². The van der Waals surface area contributed by atoms with Crippen LogP contribution >= 0.6 is 23.5 Å². The quantitative estimate of drug-likeness (QED) is 0.573. The van der Waals surface area contributed by atoms with Crippen molar-refractivity contribution in [2.45, 2.75) is 20.3 Å². The maximum absolute atomic E-state index is 2.33. The zero-order valence-electron chi connectivity index (χ0n) is 7.22. The zero-order valence-corrected chi connectivity index (χ0v) is 8.86. The number of hydrogen-bond donors (Lipinski definition) is 0. The summed E-state index contributed by atoms with van der Waals surface area (Å²) in [5, 5.41) is 0. The summed E-state index contributed by atoms with van der Waals surface area (Å²) in [7, 11) is 0. The Labute approximate surface area is 73.5 Å². The topological polar surface area (TPSA) is 0 Å². The van der Waals surface area contributed by atoms with E-state index in [2.05, 4.69) is 31.9 Å². The molecule has 0 heterocycles. The second-order valence-electron chi connectivity index (χ2n) is 2.58. The van der Waals surface area contributed by atoms with Crippen LogP contribution in [0, 0.1) is 5.92 Å². The fraction of sp³-hybridized carbons (Fsp3) is 1.00. The minimum Gasteiger partial charge on any atom is -0.165 e. The second-order valence-corrected chi connectivity index (χ2v) is 4.72. The first-order valence-electron chi connectivity index (χ1n) is 3.88. The van der Waals surface area contributed by atoms with Crippen LogP contribution in [0.25, 0.3) is 0 Å². The molecule has 0 N–H and O–H groups in total. The van der Waals surface area contributed by atoms with Gasteiger partial charge in [-0.1, -0.05) is 20.3 Å². The molecule has 0 radical (unpaired) electrons. The fourth-order valence-corrected chi connectivity index (χ4v) is 2.49. The van der Waals surface area contributed by atoms with Gasteiger partial charge < -0.3 is 0 Å². The Morgan fingerprint density at radius 2 is 2.00 bits per heavy atom. The van der Waals surface area contributed by atoms with Crippen LogP contribution in [0.1, 0.15) is 20.3 Å². The Balaban J connectivity index is 2.89. The molecule has 0 fully saturated rings. The van der Waals surface area contributed by atoms with E-state index in [4.69, 9.17) is 0 Å². The number of hydrogen-bond acceptors (Lipinski definition) is 2. The highest BCUT2D eigenvalue weighted by Crippen LogP contribution is 2.11. The van der Waals surface area contributed by atoms with Crippen molar-refractivity contribution in [1.82, 2.24) is 0 Å². The molecule has 0 saturated carbocycles. The molecule has 0 nitrogen and oxygen atoms in total. The summed E-state index contributed by atoms with van der Waals surface area (Å²) in [4.78, 5) is 0. The predicted octanol–water partition coefficient (Wildman–Crippen LogP) is 3.13. The first kappa shape index (κ1) is 10.7. The van der Waals surface area contributed by atoms with Gasteiger partial charge in [0.15, 0.2) is 0 Å². The van der Waals surface area contributed by atoms with Crippen LogP contribution < -0.4 is 0 Å².